The van der Waals surface area contributed by atoms with Gasteiger partial charge in [-0.1, -0.05) is 24.3 Å². The third-order valence-electron chi connectivity index (χ3n) is 2.85. The fourth-order valence-corrected chi connectivity index (χ4v) is 1.71. The molecule has 8 heteroatoms. The maximum Gasteiger partial charge on any atom is 0.328 e. The Hall–Kier alpha value is -3.00. The molecule has 8 nitrogen and oxygen atoms in total. The van der Waals surface area contributed by atoms with Crippen LogP contribution in [0.5, 0.6) is 0 Å². The molecule has 1 aromatic carbocycles. The number of aliphatic imine (C=N–C) groups is 1. The summed E-state index contributed by atoms with van der Waals surface area (Å²) in [6.45, 7) is 0. The Morgan fingerprint density at radius 2 is 1.78 bits per heavy atom. The molecule has 0 atom stereocenters. The quantitative estimate of drug-likeness (QED) is 0.184. The number of nitrogens with two attached hydrogens (primary N) is 1. The molecule has 1 aromatic rings. The van der Waals surface area contributed by atoms with Gasteiger partial charge in [0, 0.05) is 18.4 Å². The van der Waals surface area contributed by atoms with E-state index in [1.165, 1.54) is 18.4 Å². The van der Waals surface area contributed by atoms with E-state index in [0.29, 0.717) is 18.1 Å². The van der Waals surface area contributed by atoms with Gasteiger partial charge < -0.3 is 10.2 Å². The van der Waals surface area contributed by atoms with E-state index >= 15 is 0 Å². The lowest BCUT2D eigenvalue weighted by atomic mass is 10.0. The highest BCUT2D eigenvalue weighted by Gasteiger charge is 2.24. The summed E-state index contributed by atoms with van der Waals surface area (Å²) in [4.78, 5) is 23.0. The topological polar surface area (TPSA) is 149 Å². The lowest BCUT2D eigenvalue weighted by Gasteiger charge is -2.02. The second kappa shape index (κ2) is 9.11. The first-order valence-electron chi connectivity index (χ1n) is 6.76. The van der Waals surface area contributed by atoms with E-state index in [4.69, 9.17) is 21.5 Å². The van der Waals surface area contributed by atoms with Gasteiger partial charge >= 0.3 is 11.9 Å². The minimum absolute atomic E-state index is 0.0272. The van der Waals surface area contributed by atoms with Crippen LogP contribution in [0.1, 0.15) is 29.9 Å². The maximum absolute atomic E-state index is 9.55. The zero-order chi connectivity index (χ0) is 17.2. The fourth-order valence-electron chi connectivity index (χ4n) is 1.71. The van der Waals surface area contributed by atoms with Crippen molar-refractivity contribution >= 4 is 24.1 Å². The van der Waals surface area contributed by atoms with Gasteiger partial charge in [-0.25, -0.2) is 20.4 Å². The van der Waals surface area contributed by atoms with Gasteiger partial charge in [-0.15, -0.1) is 0 Å². The zero-order valence-corrected chi connectivity index (χ0v) is 12.3. The van der Waals surface area contributed by atoms with Crippen LogP contribution in [0.25, 0.3) is 0 Å². The Morgan fingerprint density at radius 3 is 2.26 bits per heavy atom. The molecule has 0 radical (unpaired) electrons. The summed E-state index contributed by atoms with van der Waals surface area (Å²) in [5.41, 5.74) is 4.59. The van der Waals surface area contributed by atoms with E-state index in [1.54, 1.807) is 6.21 Å². The van der Waals surface area contributed by atoms with E-state index in [0.717, 1.165) is 5.56 Å². The van der Waals surface area contributed by atoms with Gasteiger partial charge in [0.05, 0.1) is 0 Å². The number of aliphatic carboxylic acids is 2. The van der Waals surface area contributed by atoms with Gasteiger partial charge in [0.2, 0.25) is 5.96 Å². The van der Waals surface area contributed by atoms with Gasteiger partial charge in [0.15, 0.2) is 0 Å². The maximum atomic E-state index is 9.55. The molecule has 0 aromatic heterocycles. The smallest absolute Gasteiger partial charge is 0.328 e. The summed E-state index contributed by atoms with van der Waals surface area (Å²) in [5, 5.41) is 22.9. The standard InChI is InChI=1S/C11H14N4.C4H4O4/c12-11(15-13)14-7-9-3-1-2-4-10(9)8-5-6-8;5-3(6)1-2-4(7)8/h1-4,7-8H,5-6,13H2,(H2,12,15);1-2H,(H,5,6)(H,7,8)/b;2-1-. The Morgan fingerprint density at radius 1 is 1.22 bits per heavy atom. The highest BCUT2D eigenvalue weighted by molar-refractivity contribution is 5.93. The molecular weight excluding hydrogens is 300 g/mol. The first-order chi connectivity index (χ1) is 10.9. The van der Waals surface area contributed by atoms with Crippen molar-refractivity contribution < 1.29 is 19.8 Å². The van der Waals surface area contributed by atoms with Crippen molar-refractivity contribution in [2.24, 2.45) is 10.8 Å². The fraction of sp³-hybridized carbons (Fsp3) is 0.200. The molecule has 0 heterocycles. The number of carboxylic acid groups (broad SMARTS) is 2. The monoisotopic (exact) mass is 318 g/mol. The third-order valence-corrected chi connectivity index (χ3v) is 2.85. The van der Waals surface area contributed by atoms with E-state index in [1.807, 2.05) is 18.2 Å². The van der Waals surface area contributed by atoms with Crippen molar-refractivity contribution in [3.63, 3.8) is 0 Å². The largest absolute Gasteiger partial charge is 0.478 e. The SMILES string of the molecule is N=C(N=Cc1ccccc1C1CC1)NN.O=C(O)/C=C\C(=O)O. The van der Waals surface area contributed by atoms with Crippen LogP contribution < -0.4 is 11.3 Å². The van der Waals surface area contributed by atoms with Gasteiger partial charge in [-0.2, -0.15) is 0 Å². The van der Waals surface area contributed by atoms with Crippen LogP contribution >= 0.6 is 0 Å². The average molecular weight is 318 g/mol. The number of hydrogen-bond donors (Lipinski definition) is 5. The molecule has 0 saturated heterocycles. The third kappa shape index (κ3) is 7.53. The van der Waals surface area contributed by atoms with E-state index in [-0.39, 0.29) is 5.96 Å². The second-order valence-corrected chi connectivity index (χ2v) is 4.66. The molecule has 0 amide bonds. The molecular formula is C15H18N4O4. The molecule has 1 fully saturated rings. The molecule has 1 aliphatic carbocycles. The van der Waals surface area contributed by atoms with E-state index in [9.17, 15) is 9.59 Å². The summed E-state index contributed by atoms with van der Waals surface area (Å²) in [7, 11) is 0. The summed E-state index contributed by atoms with van der Waals surface area (Å²) < 4.78 is 0. The minimum atomic E-state index is -1.26. The summed E-state index contributed by atoms with van der Waals surface area (Å²) in [6, 6.07) is 8.16. The van der Waals surface area contributed by atoms with Crippen molar-refractivity contribution in [2.45, 2.75) is 18.8 Å². The van der Waals surface area contributed by atoms with Gasteiger partial charge in [0.25, 0.3) is 0 Å². The van der Waals surface area contributed by atoms with Crippen LogP contribution in [0.3, 0.4) is 0 Å². The Kier molecular flexibility index (Phi) is 7.15. The molecule has 1 saturated carbocycles. The lowest BCUT2D eigenvalue weighted by Crippen LogP contribution is -2.27. The Balaban J connectivity index is 0.000000284. The molecule has 0 unspecified atom stereocenters. The minimum Gasteiger partial charge on any atom is -0.478 e. The first-order valence-corrected chi connectivity index (χ1v) is 6.76. The molecule has 23 heavy (non-hydrogen) atoms. The molecule has 0 spiro atoms. The van der Waals surface area contributed by atoms with Crippen LogP contribution in [0.15, 0.2) is 41.4 Å². The van der Waals surface area contributed by atoms with Crippen LogP contribution in [-0.4, -0.2) is 34.3 Å². The summed E-state index contributed by atoms with van der Waals surface area (Å²) in [6.07, 6.45) is 5.33. The molecule has 0 aliphatic heterocycles. The predicted octanol–water partition coefficient (Wildman–Crippen LogP) is 1.09. The van der Waals surface area contributed by atoms with Crippen LogP contribution in [0, 0.1) is 5.41 Å². The van der Waals surface area contributed by atoms with Crippen molar-refractivity contribution in [2.75, 3.05) is 0 Å². The molecule has 0 bridgehead atoms. The van der Waals surface area contributed by atoms with Crippen LogP contribution in [-0.2, 0) is 9.59 Å². The number of benzene rings is 1. The highest BCUT2D eigenvalue weighted by atomic mass is 16.4. The van der Waals surface area contributed by atoms with Crippen molar-refractivity contribution in [1.82, 2.24) is 5.43 Å². The number of hydrogen-bond acceptors (Lipinski definition) is 4. The second-order valence-electron chi connectivity index (χ2n) is 4.66. The average Bonchev–Trinajstić information content (AvgIpc) is 3.36. The Labute approximate surface area is 132 Å². The summed E-state index contributed by atoms with van der Waals surface area (Å²) >= 11 is 0. The number of hydrazine groups is 1. The number of nitrogens with one attached hydrogen (secondary N) is 2. The molecule has 2 rings (SSSR count). The molecule has 122 valence electrons. The molecule has 6 N–H and O–H groups in total. The Bertz CT molecular complexity index is 620. The normalized spacial score (nSPS) is 13.4. The zero-order valence-electron chi connectivity index (χ0n) is 12.3. The summed E-state index contributed by atoms with van der Waals surface area (Å²) in [5.74, 6) is 3.20. The molecule has 1 aliphatic rings. The van der Waals surface area contributed by atoms with E-state index < -0.39 is 11.9 Å². The van der Waals surface area contributed by atoms with Crippen LogP contribution in [0.2, 0.25) is 0 Å². The van der Waals surface area contributed by atoms with Gasteiger partial charge in [-0.05, 0) is 29.9 Å². The first kappa shape index (κ1) is 18.1. The van der Waals surface area contributed by atoms with Gasteiger partial charge in [0.1, 0.15) is 0 Å². The number of rotatable bonds is 4. The van der Waals surface area contributed by atoms with Crippen molar-refractivity contribution in [3.8, 4) is 0 Å². The van der Waals surface area contributed by atoms with Crippen molar-refractivity contribution in [3.05, 3.63) is 47.5 Å². The predicted molar refractivity (Wildman–Crippen MR) is 85.5 cm³/mol. The van der Waals surface area contributed by atoms with Crippen molar-refractivity contribution in [1.29, 1.82) is 5.41 Å². The number of nitrogens with zero attached hydrogens (tertiary/aromatic N) is 1. The number of carboxylic acids is 2. The number of guanidine groups is 1. The number of carbonyl (C=O) groups is 2. The van der Waals surface area contributed by atoms with E-state index in [2.05, 4.69) is 16.5 Å². The van der Waals surface area contributed by atoms with Crippen LogP contribution in [0.4, 0.5) is 0 Å². The lowest BCUT2D eigenvalue weighted by molar-refractivity contribution is -0.134. The highest BCUT2D eigenvalue weighted by Crippen LogP contribution is 2.41. The van der Waals surface area contributed by atoms with Gasteiger partial charge in [-0.3, -0.25) is 10.8 Å².